The lowest BCUT2D eigenvalue weighted by molar-refractivity contribution is -0.116. The molecule has 2 aromatic carbocycles. The number of aromatic nitrogens is 2. The Balaban J connectivity index is 1.46. The van der Waals surface area contributed by atoms with E-state index in [9.17, 15) is 4.79 Å². The van der Waals surface area contributed by atoms with Crippen molar-refractivity contribution in [3.8, 4) is 0 Å². The van der Waals surface area contributed by atoms with Crippen LogP contribution >= 0.6 is 0 Å². The zero-order chi connectivity index (χ0) is 24.9. The molecule has 36 heavy (non-hydrogen) atoms. The average Bonchev–Trinajstić information content (AvgIpc) is 3.33. The summed E-state index contributed by atoms with van der Waals surface area (Å²) in [7, 11) is 1.77. The van der Waals surface area contributed by atoms with Gasteiger partial charge in [0.1, 0.15) is 5.82 Å². The molecule has 1 aromatic heterocycles. The van der Waals surface area contributed by atoms with E-state index in [0.29, 0.717) is 49.1 Å². The van der Waals surface area contributed by atoms with E-state index >= 15 is 0 Å². The molecule has 3 heterocycles. The van der Waals surface area contributed by atoms with Gasteiger partial charge in [-0.1, -0.05) is 53.6 Å². The highest BCUT2D eigenvalue weighted by molar-refractivity contribution is 6.19. The third-order valence-corrected chi connectivity index (χ3v) is 5.87. The standard InChI is InChI=1S/C25H26N8O3/c1-27-22(33-11-13-35-14-12-33)18(15-26)24-31-32-25(36-24)30-21-23(34)28-19-10-6-5-9-17(19)20(29-21)16-7-3-2-4-8-16/h2-10,15,21,26-27H,11-14H2,1H3,(H,28,34)(H,30,32)/b22-18-,26-15?/t21-/m1/s1. The molecule has 0 radical (unpaired) electrons. The summed E-state index contributed by atoms with van der Waals surface area (Å²) in [6.45, 7) is 2.53. The molecule has 0 spiro atoms. The van der Waals surface area contributed by atoms with Crippen molar-refractivity contribution in [1.29, 1.82) is 5.41 Å². The number of rotatable bonds is 7. The molecule has 1 saturated heterocycles. The smallest absolute Gasteiger partial charge is 0.317 e. The number of benzene rings is 2. The maximum Gasteiger partial charge on any atom is 0.317 e. The van der Waals surface area contributed by atoms with Gasteiger partial charge in [-0.3, -0.25) is 4.79 Å². The molecular formula is C25H26N8O3. The first kappa shape index (κ1) is 23.2. The van der Waals surface area contributed by atoms with Crippen LogP contribution in [0.15, 0.2) is 69.8 Å². The van der Waals surface area contributed by atoms with Crippen LogP contribution in [0.4, 0.5) is 11.7 Å². The van der Waals surface area contributed by atoms with Crippen molar-refractivity contribution in [2.45, 2.75) is 6.17 Å². The first-order valence-corrected chi connectivity index (χ1v) is 11.6. The topological polar surface area (TPSA) is 141 Å². The van der Waals surface area contributed by atoms with Crippen LogP contribution in [0.5, 0.6) is 0 Å². The van der Waals surface area contributed by atoms with Crippen molar-refractivity contribution in [2.24, 2.45) is 4.99 Å². The van der Waals surface area contributed by atoms with Crippen LogP contribution < -0.4 is 16.0 Å². The molecule has 2 aliphatic rings. The minimum atomic E-state index is -1.02. The zero-order valence-electron chi connectivity index (χ0n) is 19.7. The molecule has 0 unspecified atom stereocenters. The maximum absolute atomic E-state index is 13.1. The fourth-order valence-corrected chi connectivity index (χ4v) is 4.17. The molecule has 0 saturated carbocycles. The molecule has 1 amide bonds. The third kappa shape index (κ3) is 4.68. The van der Waals surface area contributed by atoms with Gasteiger partial charge in [0, 0.05) is 37.5 Å². The summed E-state index contributed by atoms with van der Waals surface area (Å²) in [4.78, 5) is 19.9. The van der Waals surface area contributed by atoms with Gasteiger partial charge < -0.3 is 35.4 Å². The largest absolute Gasteiger partial charge is 0.403 e. The minimum Gasteiger partial charge on any atom is -0.403 e. The fraction of sp³-hybridized carbons (Fsp3) is 0.240. The number of aliphatic imine (C=N–C) groups is 1. The van der Waals surface area contributed by atoms with Crippen molar-refractivity contribution in [3.05, 3.63) is 77.4 Å². The molecule has 11 heteroatoms. The van der Waals surface area contributed by atoms with E-state index in [0.717, 1.165) is 11.1 Å². The molecule has 0 bridgehead atoms. The monoisotopic (exact) mass is 486 g/mol. The second kappa shape index (κ2) is 10.4. The van der Waals surface area contributed by atoms with E-state index in [4.69, 9.17) is 19.6 Å². The molecular weight excluding hydrogens is 460 g/mol. The highest BCUT2D eigenvalue weighted by Gasteiger charge is 2.28. The molecule has 2 aliphatic heterocycles. The second-order valence-electron chi connectivity index (χ2n) is 8.09. The van der Waals surface area contributed by atoms with Gasteiger partial charge in [0.2, 0.25) is 6.17 Å². The number of benzodiazepines with no additional fused rings is 1. The zero-order valence-corrected chi connectivity index (χ0v) is 19.7. The molecule has 4 N–H and O–H groups in total. The SMILES string of the molecule is CN/C(=C(\C=N)c1nnc(N[C@H]2N=C(c3ccccc3)c3ccccc3NC2=O)o1)N1CCOCC1. The Morgan fingerprint density at radius 3 is 2.61 bits per heavy atom. The van der Waals surface area contributed by atoms with E-state index in [1.165, 1.54) is 6.21 Å². The van der Waals surface area contributed by atoms with Crippen LogP contribution in [-0.2, 0) is 9.53 Å². The number of anilines is 2. The van der Waals surface area contributed by atoms with Crippen molar-refractivity contribution in [3.63, 3.8) is 0 Å². The number of carbonyl (C=O) groups excluding carboxylic acids is 1. The molecule has 1 fully saturated rings. The maximum atomic E-state index is 13.1. The molecule has 3 aromatic rings. The van der Waals surface area contributed by atoms with Crippen molar-refractivity contribution < 1.29 is 13.9 Å². The first-order valence-electron chi connectivity index (χ1n) is 11.6. The van der Waals surface area contributed by atoms with Crippen LogP contribution in [0.3, 0.4) is 0 Å². The number of amides is 1. The number of hydrogen-bond donors (Lipinski definition) is 4. The summed E-state index contributed by atoms with van der Waals surface area (Å²) < 4.78 is 11.3. The van der Waals surface area contributed by atoms with Gasteiger partial charge in [-0.25, -0.2) is 4.99 Å². The summed E-state index contributed by atoms with van der Waals surface area (Å²) in [6, 6.07) is 17.2. The van der Waals surface area contributed by atoms with Gasteiger partial charge in [0.25, 0.3) is 11.8 Å². The van der Waals surface area contributed by atoms with Crippen LogP contribution in [0.25, 0.3) is 5.57 Å². The van der Waals surface area contributed by atoms with E-state index in [1.54, 1.807) is 7.05 Å². The lowest BCUT2D eigenvalue weighted by atomic mass is 10.0. The van der Waals surface area contributed by atoms with E-state index < -0.39 is 6.17 Å². The number of hydrogen-bond acceptors (Lipinski definition) is 10. The summed E-state index contributed by atoms with van der Waals surface area (Å²) >= 11 is 0. The van der Waals surface area contributed by atoms with Crippen LogP contribution in [0, 0.1) is 5.41 Å². The number of allylic oxidation sites excluding steroid dienone is 1. The number of nitrogens with zero attached hydrogens (tertiary/aromatic N) is 4. The van der Waals surface area contributed by atoms with E-state index in [-0.39, 0.29) is 17.8 Å². The highest BCUT2D eigenvalue weighted by atomic mass is 16.5. The Morgan fingerprint density at radius 2 is 1.86 bits per heavy atom. The van der Waals surface area contributed by atoms with Gasteiger partial charge >= 0.3 is 6.01 Å². The lowest BCUT2D eigenvalue weighted by Gasteiger charge is -2.31. The van der Waals surface area contributed by atoms with Gasteiger partial charge in [-0.15, -0.1) is 5.10 Å². The minimum absolute atomic E-state index is 0.0176. The number of nitrogens with one attached hydrogen (secondary N) is 4. The van der Waals surface area contributed by atoms with Crippen LogP contribution in [-0.4, -0.2) is 72.4 Å². The van der Waals surface area contributed by atoms with Gasteiger partial charge in [0.15, 0.2) is 0 Å². The van der Waals surface area contributed by atoms with Gasteiger partial charge in [-0.2, -0.15) is 0 Å². The number of morpholine rings is 1. The molecule has 0 aliphatic carbocycles. The Kier molecular flexibility index (Phi) is 6.72. The highest BCUT2D eigenvalue weighted by Crippen LogP contribution is 2.25. The summed E-state index contributed by atoms with van der Waals surface area (Å²) in [6.07, 6.45) is 0.149. The molecule has 11 nitrogen and oxygen atoms in total. The average molecular weight is 487 g/mol. The molecule has 5 rings (SSSR count). The predicted octanol–water partition coefficient (Wildman–Crippen LogP) is 2.17. The summed E-state index contributed by atoms with van der Waals surface area (Å²) in [5.41, 5.74) is 3.44. The lowest BCUT2D eigenvalue weighted by Crippen LogP contribution is -2.40. The van der Waals surface area contributed by atoms with E-state index in [1.807, 2.05) is 54.6 Å². The Morgan fingerprint density at radius 1 is 1.11 bits per heavy atom. The number of carbonyl (C=O) groups is 1. The number of ether oxygens (including phenoxy) is 1. The number of fused-ring (bicyclic) bond motifs is 1. The summed E-state index contributed by atoms with van der Waals surface area (Å²) in [5, 5.41) is 25.1. The van der Waals surface area contributed by atoms with E-state index in [2.05, 4.69) is 31.0 Å². The van der Waals surface area contributed by atoms with Crippen molar-refractivity contribution in [1.82, 2.24) is 20.4 Å². The Bertz CT molecular complexity index is 1310. The quantitative estimate of drug-likeness (QED) is 0.373. The Labute approximate surface area is 207 Å². The normalized spacial score (nSPS) is 18.2. The number of para-hydroxylation sites is 1. The second-order valence-corrected chi connectivity index (χ2v) is 8.09. The Hall–Kier alpha value is -4.51. The van der Waals surface area contributed by atoms with Gasteiger partial charge in [-0.05, 0) is 6.07 Å². The fourth-order valence-electron chi connectivity index (χ4n) is 4.17. The first-order chi connectivity index (χ1) is 17.7. The van der Waals surface area contributed by atoms with Crippen LogP contribution in [0.2, 0.25) is 0 Å². The molecule has 1 atom stereocenters. The molecule has 184 valence electrons. The summed E-state index contributed by atoms with van der Waals surface area (Å²) in [5.74, 6) is 0.476. The third-order valence-electron chi connectivity index (χ3n) is 5.87. The van der Waals surface area contributed by atoms with Crippen LogP contribution in [0.1, 0.15) is 17.0 Å². The van der Waals surface area contributed by atoms with Crippen molar-refractivity contribution in [2.75, 3.05) is 44.0 Å². The predicted molar refractivity (Wildman–Crippen MR) is 136 cm³/mol. The van der Waals surface area contributed by atoms with Gasteiger partial charge in [0.05, 0.1) is 30.2 Å². The van der Waals surface area contributed by atoms with Crippen molar-refractivity contribution >= 4 is 35.1 Å².